The minimum absolute atomic E-state index is 0.144. The van der Waals surface area contributed by atoms with Gasteiger partial charge >= 0.3 is 6.03 Å². The molecule has 7 heteroatoms. The Bertz CT molecular complexity index is 757. The normalized spacial score (nSPS) is 17.5. The van der Waals surface area contributed by atoms with E-state index in [0.717, 1.165) is 10.5 Å². The van der Waals surface area contributed by atoms with E-state index >= 15 is 0 Å². The standard InChI is InChI=1S/C16H12Cl2N2O3/c17-10-6-11(18)8-12(7-10)20-15(22)14(19-16(20)23)5-9-1-3-13(21)4-2-9/h1-4,6-8,14,21H,5H2,(H,19,23). The molecule has 3 rings (SSSR count). The number of hydrogen-bond acceptors (Lipinski definition) is 3. The van der Waals surface area contributed by atoms with Gasteiger partial charge in [-0.3, -0.25) is 4.79 Å². The van der Waals surface area contributed by atoms with Crippen molar-refractivity contribution >= 4 is 40.8 Å². The highest BCUT2D eigenvalue weighted by atomic mass is 35.5. The number of carbonyl (C=O) groups is 2. The number of aromatic hydroxyl groups is 1. The zero-order chi connectivity index (χ0) is 16.6. The maximum atomic E-state index is 12.5. The second-order valence-corrected chi connectivity index (χ2v) is 6.05. The van der Waals surface area contributed by atoms with Gasteiger partial charge in [-0.1, -0.05) is 35.3 Å². The molecule has 0 spiro atoms. The largest absolute Gasteiger partial charge is 0.508 e. The van der Waals surface area contributed by atoms with Crippen LogP contribution < -0.4 is 10.2 Å². The lowest BCUT2D eigenvalue weighted by Gasteiger charge is -2.14. The number of imide groups is 1. The molecule has 1 heterocycles. The summed E-state index contributed by atoms with van der Waals surface area (Å²) in [6.45, 7) is 0. The predicted molar refractivity (Wildman–Crippen MR) is 88.1 cm³/mol. The Balaban J connectivity index is 1.83. The monoisotopic (exact) mass is 350 g/mol. The van der Waals surface area contributed by atoms with Crippen molar-refractivity contribution < 1.29 is 14.7 Å². The van der Waals surface area contributed by atoms with Crippen molar-refractivity contribution in [2.45, 2.75) is 12.5 Å². The van der Waals surface area contributed by atoms with E-state index < -0.39 is 12.1 Å². The van der Waals surface area contributed by atoms with Crippen LogP contribution in [-0.4, -0.2) is 23.1 Å². The van der Waals surface area contributed by atoms with Crippen molar-refractivity contribution in [1.29, 1.82) is 0 Å². The summed E-state index contributed by atoms with van der Waals surface area (Å²) in [5, 5.41) is 12.6. The van der Waals surface area contributed by atoms with Crippen LogP contribution in [0.2, 0.25) is 10.0 Å². The summed E-state index contributed by atoms with van der Waals surface area (Å²) in [5.74, 6) is -0.230. The molecule has 1 aliphatic rings. The molecule has 0 bridgehead atoms. The Kier molecular flexibility index (Phi) is 4.15. The molecule has 1 unspecified atom stereocenters. The van der Waals surface area contributed by atoms with Gasteiger partial charge in [-0.05, 0) is 35.9 Å². The zero-order valence-electron chi connectivity index (χ0n) is 11.8. The molecule has 2 aromatic rings. The molecule has 2 N–H and O–H groups in total. The van der Waals surface area contributed by atoms with E-state index in [1.54, 1.807) is 12.1 Å². The maximum Gasteiger partial charge on any atom is 0.329 e. The van der Waals surface area contributed by atoms with Gasteiger partial charge in [0.15, 0.2) is 0 Å². The van der Waals surface area contributed by atoms with Crippen LogP contribution in [0.4, 0.5) is 10.5 Å². The van der Waals surface area contributed by atoms with E-state index in [-0.39, 0.29) is 11.7 Å². The molecular weight excluding hydrogens is 339 g/mol. The Morgan fingerprint density at radius 1 is 1.04 bits per heavy atom. The van der Waals surface area contributed by atoms with Crippen LogP contribution in [0.1, 0.15) is 5.56 Å². The molecule has 1 saturated heterocycles. The van der Waals surface area contributed by atoms with Crippen LogP contribution in [0.15, 0.2) is 42.5 Å². The molecule has 0 aromatic heterocycles. The van der Waals surface area contributed by atoms with Crippen molar-refractivity contribution in [3.63, 3.8) is 0 Å². The minimum atomic E-state index is -0.676. The molecule has 0 aliphatic carbocycles. The van der Waals surface area contributed by atoms with Crippen LogP contribution in [0.3, 0.4) is 0 Å². The summed E-state index contributed by atoms with van der Waals surface area (Å²) in [6.07, 6.45) is 0.329. The Labute approximate surface area is 142 Å². The number of phenols is 1. The van der Waals surface area contributed by atoms with E-state index in [4.69, 9.17) is 23.2 Å². The summed E-state index contributed by atoms with van der Waals surface area (Å²) in [7, 11) is 0. The van der Waals surface area contributed by atoms with Gasteiger partial charge in [0.2, 0.25) is 0 Å². The number of nitrogens with one attached hydrogen (secondary N) is 1. The Morgan fingerprint density at radius 3 is 2.26 bits per heavy atom. The van der Waals surface area contributed by atoms with Crippen LogP contribution in [0.25, 0.3) is 0 Å². The molecule has 0 radical (unpaired) electrons. The summed E-state index contributed by atoms with van der Waals surface area (Å²) in [6, 6.07) is 9.82. The highest BCUT2D eigenvalue weighted by molar-refractivity contribution is 6.35. The van der Waals surface area contributed by atoms with Gasteiger partial charge in [-0.2, -0.15) is 0 Å². The number of carbonyl (C=O) groups excluding carboxylic acids is 2. The highest BCUT2D eigenvalue weighted by Gasteiger charge is 2.39. The first-order chi connectivity index (χ1) is 10.9. The lowest BCUT2D eigenvalue weighted by atomic mass is 10.1. The smallest absolute Gasteiger partial charge is 0.329 e. The second kappa shape index (κ2) is 6.10. The van der Waals surface area contributed by atoms with Gasteiger partial charge in [0.05, 0.1) is 5.69 Å². The molecule has 1 fully saturated rings. The van der Waals surface area contributed by atoms with Crippen LogP contribution >= 0.6 is 23.2 Å². The van der Waals surface area contributed by atoms with Crippen LogP contribution in [-0.2, 0) is 11.2 Å². The molecule has 23 heavy (non-hydrogen) atoms. The number of phenolic OH excluding ortho intramolecular Hbond substituents is 1. The van der Waals surface area contributed by atoms with Gasteiger partial charge in [-0.25, -0.2) is 9.69 Å². The van der Waals surface area contributed by atoms with Crippen LogP contribution in [0, 0.1) is 0 Å². The number of rotatable bonds is 3. The van der Waals surface area contributed by atoms with Gasteiger partial charge in [0.1, 0.15) is 11.8 Å². The topological polar surface area (TPSA) is 69.6 Å². The second-order valence-electron chi connectivity index (χ2n) is 5.17. The fourth-order valence-corrected chi connectivity index (χ4v) is 2.96. The SMILES string of the molecule is O=C1NC(Cc2ccc(O)cc2)C(=O)N1c1cc(Cl)cc(Cl)c1. The summed E-state index contributed by atoms with van der Waals surface area (Å²) in [4.78, 5) is 25.7. The molecule has 0 saturated carbocycles. The number of hydrogen-bond donors (Lipinski definition) is 2. The number of nitrogens with zero attached hydrogens (tertiary/aromatic N) is 1. The molecule has 5 nitrogen and oxygen atoms in total. The average molecular weight is 351 g/mol. The first kappa shape index (κ1) is 15.6. The fraction of sp³-hybridized carbons (Fsp3) is 0.125. The third-order valence-corrected chi connectivity index (χ3v) is 3.94. The maximum absolute atomic E-state index is 12.5. The fourth-order valence-electron chi connectivity index (χ4n) is 2.45. The minimum Gasteiger partial charge on any atom is -0.508 e. The molecule has 1 aliphatic heterocycles. The molecule has 3 amide bonds. The van der Waals surface area contributed by atoms with Crippen LogP contribution in [0.5, 0.6) is 5.75 Å². The number of urea groups is 1. The average Bonchev–Trinajstić information content (AvgIpc) is 2.75. The molecule has 118 valence electrons. The van der Waals surface area contributed by atoms with Crippen molar-refractivity contribution in [3.8, 4) is 5.75 Å². The summed E-state index contributed by atoms with van der Waals surface area (Å²) in [5.41, 5.74) is 1.16. The van der Waals surface area contributed by atoms with Crippen molar-refractivity contribution in [2.24, 2.45) is 0 Å². The summed E-state index contributed by atoms with van der Waals surface area (Å²) >= 11 is 11.9. The first-order valence-corrected chi connectivity index (χ1v) is 7.58. The van der Waals surface area contributed by atoms with E-state index in [0.29, 0.717) is 22.2 Å². The van der Waals surface area contributed by atoms with Gasteiger partial charge in [0, 0.05) is 16.5 Å². The van der Waals surface area contributed by atoms with E-state index in [1.807, 2.05) is 0 Å². The molecule has 2 aromatic carbocycles. The molecular formula is C16H12Cl2N2O3. The molecule has 1 atom stereocenters. The Morgan fingerprint density at radius 2 is 1.65 bits per heavy atom. The Hall–Kier alpha value is -2.24. The van der Waals surface area contributed by atoms with E-state index in [2.05, 4.69) is 5.32 Å². The third kappa shape index (κ3) is 3.25. The lowest BCUT2D eigenvalue weighted by molar-refractivity contribution is -0.118. The van der Waals surface area contributed by atoms with E-state index in [1.165, 1.54) is 30.3 Å². The predicted octanol–water partition coefficient (Wildman–Crippen LogP) is 3.37. The zero-order valence-corrected chi connectivity index (χ0v) is 13.3. The quantitative estimate of drug-likeness (QED) is 0.833. The van der Waals surface area contributed by atoms with Gasteiger partial charge in [0.25, 0.3) is 5.91 Å². The highest BCUT2D eigenvalue weighted by Crippen LogP contribution is 2.28. The number of benzene rings is 2. The lowest BCUT2D eigenvalue weighted by Crippen LogP contribution is -2.32. The number of amides is 3. The van der Waals surface area contributed by atoms with Crippen molar-refractivity contribution in [1.82, 2.24) is 5.32 Å². The summed E-state index contributed by atoms with van der Waals surface area (Å²) < 4.78 is 0. The van der Waals surface area contributed by atoms with Crippen molar-refractivity contribution in [3.05, 3.63) is 58.1 Å². The first-order valence-electron chi connectivity index (χ1n) is 6.82. The van der Waals surface area contributed by atoms with E-state index in [9.17, 15) is 14.7 Å². The number of anilines is 1. The van der Waals surface area contributed by atoms with Gasteiger partial charge < -0.3 is 10.4 Å². The van der Waals surface area contributed by atoms with Crippen molar-refractivity contribution in [2.75, 3.05) is 4.90 Å². The van der Waals surface area contributed by atoms with Gasteiger partial charge in [-0.15, -0.1) is 0 Å². The third-order valence-electron chi connectivity index (χ3n) is 3.50. The number of halogens is 2.